The van der Waals surface area contributed by atoms with Crippen LogP contribution >= 0.6 is 11.3 Å². The topological polar surface area (TPSA) is 9.23 Å². The zero-order valence-electron chi connectivity index (χ0n) is 33.1. The van der Waals surface area contributed by atoms with Gasteiger partial charge in [-0.25, -0.2) is 0 Å². The first kappa shape index (κ1) is 34.4. The van der Waals surface area contributed by atoms with Gasteiger partial charge in [0, 0.05) is 36.9 Å². The van der Waals surface area contributed by atoms with Crippen LogP contribution in [0.2, 0.25) is 0 Å². The average Bonchev–Trinajstić information content (AvgIpc) is 3.85. The second kappa shape index (κ2) is 13.2. The predicted molar refractivity (Wildman–Crippen MR) is 256 cm³/mol. The smallest absolute Gasteiger partial charge is 0.132 e. The van der Waals surface area contributed by atoms with Crippen LogP contribution in [0.5, 0.6) is 11.5 Å². The van der Waals surface area contributed by atoms with E-state index in [1.54, 1.807) is 0 Å². The van der Waals surface area contributed by atoms with Crippen LogP contribution in [0.1, 0.15) is 22.3 Å². The molecule has 1 nitrogen and oxygen atoms in total. The van der Waals surface area contributed by atoms with Gasteiger partial charge in [0.1, 0.15) is 11.5 Å². The molecule has 1 aliphatic carbocycles. The molecule has 0 bridgehead atoms. The van der Waals surface area contributed by atoms with Crippen molar-refractivity contribution in [2.24, 2.45) is 0 Å². The van der Waals surface area contributed by atoms with Gasteiger partial charge in [-0.2, -0.15) is 0 Å². The highest BCUT2D eigenvalue weighted by molar-refractivity contribution is 7.26. The highest BCUT2D eigenvalue weighted by Gasteiger charge is 2.51. The third kappa shape index (κ3) is 5.07. The average molecular weight is 793 g/mol. The van der Waals surface area contributed by atoms with Crippen molar-refractivity contribution in [1.82, 2.24) is 0 Å². The molecule has 0 saturated heterocycles. The van der Waals surface area contributed by atoms with E-state index in [0.29, 0.717) is 0 Å². The quantitative estimate of drug-likeness (QED) is 0.172. The molecule has 2 aliphatic rings. The SMILES string of the molecule is c1ccc(-c2cc(-c3ccccc3)cc(-c3cc(-c4ccc5c(c4)-c4c(ccc6ccccc46)C54c5ccccc5Oc5ccccc54)c4sc5ccccc5c4c3)c2)cc1. The fourth-order valence-electron chi connectivity index (χ4n) is 10.4. The number of benzene rings is 10. The molecule has 2 heterocycles. The van der Waals surface area contributed by atoms with E-state index in [1.807, 2.05) is 11.3 Å². The highest BCUT2D eigenvalue weighted by Crippen LogP contribution is 2.63. The Morgan fingerprint density at radius 2 is 0.869 bits per heavy atom. The fourth-order valence-corrected chi connectivity index (χ4v) is 11.7. The lowest BCUT2D eigenvalue weighted by molar-refractivity contribution is 0.436. The van der Waals surface area contributed by atoms with Crippen LogP contribution in [0.4, 0.5) is 0 Å². The third-order valence-electron chi connectivity index (χ3n) is 13.1. The summed E-state index contributed by atoms with van der Waals surface area (Å²) in [4.78, 5) is 0. The van der Waals surface area contributed by atoms with Crippen molar-refractivity contribution in [3.63, 3.8) is 0 Å². The summed E-state index contributed by atoms with van der Waals surface area (Å²) in [5, 5.41) is 5.09. The van der Waals surface area contributed by atoms with Gasteiger partial charge in [0.15, 0.2) is 0 Å². The lowest BCUT2D eigenvalue weighted by atomic mass is 9.66. The number of thiophene rings is 1. The van der Waals surface area contributed by atoms with Crippen molar-refractivity contribution in [1.29, 1.82) is 0 Å². The van der Waals surface area contributed by atoms with Crippen LogP contribution in [-0.2, 0) is 5.41 Å². The van der Waals surface area contributed by atoms with E-state index < -0.39 is 5.41 Å². The van der Waals surface area contributed by atoms with E-state index in [9.17, 15) is 0 Å². The molecule has 61 heavy (non-hydrogen) atoms. The summed E-state index contributed by atoms with van der Waals surface area (Å²) in [6, 6.07) is 80.5. The van der Waals surface area contributed by atoms with Gasteiger partial charge in [0.2, 0.25) is 0 Å². The Hall–Kier alpha value is -7.52. The molecule has 2 heteroatoms. The molecular weight excluding hydrogens is 757 g/mol. The molecule has 0 N–H and O–H groups in total. The summed E-state index contributed by atoms with van der Waals surface area (Å²) in [6.45, 7) is 0. The van der Waals surface area contributed by atoms with Gasteiger partial charge >= 0.3 is 0 Å². The Bertz CT molecular complexity index is 3460. The number of rotatable bonds is 4. The van der Waals surface area contributed by atoms with Crippen LogP contribution in [0.3, 0.4) is 0 Å². The summed E-state index contributed by atoms with van der Waals surface area (Å²) < 4.78 is 9.28. The molecule has 0 unspecified atom stereocenters. The summed E-state index contributed by atoms with van der Waals surface area (Å²) in [5.41, 5.74) is 16.7. The number of para-hydroxylation sites is 2. The van der Waals surface area contributed by atoms with Crippen LogP contribution in [0.25, 0.3) is 86.6 Å². The first-order valence-corrected chi connectivity index (χ1v) is 21.8. The summed E-state index contributed by atoms with van der Waals surface area (Å²) in [6.07, 6.45) is 0. The van der Waals surface area contributed by atoms with Gasteiger partial charge in [-0.1, -0.05) is 164 Å². The number of ether oxygens (including phenoxy) is 1. The van der Waals surface area contributed by atoms with Crippen LogP contribution in [0.15, 0.2) is 218 Å². The molecule has 1 aromatic heterocycles. The number of fused-ring (bicyclic) bond motifs is 14. The van der Waals surface area contributed by atoms with Gasteiger partial charge in [0.25, 0.3) is 0 Å². The maximum atomic E-state index is 6.68. The monoisotopic (exact) mass is 792 g/mol. The van der Waals surface area contributed by atoms with E-state index >= 15 is 0 Å². The van der Waals surface area contributed by atoms with Gasteiger partial charge < -0.3 is 4.74 Å². The van der Waals surface area contributed by atoms with Gasteiger partial charge in [-0.3, -0.25) is 0 Å². The standard InChI is InChI=1S/C59H36OS/c1-3-15-37(16-4-1)41-31-42(38-17-5-2-6-18-38)33-43(32-41)44-35-47(58-48(36-44)46-21-9-14-26-56(46)61-58)40-28-29-50-49(34-40)57-45-20-8-7-19-39(45)27-30-53(57)59(50)51-22-10-12-24-54(51)60-55-25-13-11-23-52(55)59/h1-36H. The van der Waals surface area contributed by atoms with Crippen molar-refractivity contribution in [3.8, 4) is 67.1 Å². The van der Waals surface area contributed by atoms with Crippen molar-refractivity contribution < 1.29 is 4.74 Å². The zero-order chi connectivity index (χ0) is 40.1. The Morgan fingerprint density at radius 1 is 0.328 bits per heavy atom. The summed E-state index contributed by atoms with van der Waals surface area (Å²) in [7, 11) is 0. The number of hydrogen-bond acceptors (Lipinski definition) is 2. The van der Waals surface area contributed by atoms with Crippen molar-refractivity contribution in [2.75, 3.05) is 0 Å². The molecule has 10 aromatic carbocycles. The Labute approximate surface area is 358 Å². The molecule has 0 saturated carbocycles. The lowest BCUT2D eigenvalue weighted by Gasteiger charge is -2.39. The Morgan fingerprint density at radius 3 is 1.57 bits per heavy atom. The molecule has 13 rings (SSSR count). The van der Waals surface area contributed by atoms with E-state index in [1.165, 1.54) is 109 Å². The first-order chi connectivity index (χ1) is 30.2. The molecule has 0 atom stereocenters. The Kier molecular flexibility index (Phi) is 7.46. The second-order valence-corrected chi connectivity index (χ2v) is 17.4. The molecule has 1 spiro atoms. The number of hydrogen-bond donors (Lipinski definition) is 0. The van der Waals surface area contributed by atoms with E-state index in [4.69, 9.17) is 4.74 Å². The molecule has 0 radical (unpaired) electrons. The van der Waals surface area contributed by atoms with Gasteiger partial charge in [-0.15, -0.1) is 11.3 Å². The van der Waals surface area contributed by atoms with Crippen LogP contribution in [-0.4, -0.2) is 0 Å². The lowest BCUT2D eigenvalue weighted by Crippen LogP contribution is -2.32. The van der Waals surface area contributed by atoms with Gasteiger partial charge in [0.05, 0.1) is 5.41 Å². The second-order valence-electron chi connectivity index (χ2n) is 16.3. The molecule has 284 valence electrons. The van der Waals surface area contributed by atoms with Crippen molar-refractivity contribution >= 4 is 42.3 Å². The molecule has 0 amide bonds. The third-order valence-corrected chi connectivity index (χ3v) is 14.3. The summed E-state index contributed by atoms with van der Waals surface area (Å²) >= 11 is 1.89. The summed E-state index contributed by atoms with van der Waals surface area (Å²) in [5.74, 6) is 1.81. The minimum absolute atomic E-state index is 0.542. The minimum Gasteiger partial charge on any atom is -0.457 e. The van der Waals surface area contributed by atoms with Crippen LogP contribution in [0, 0.1) is 0 Å². The molecule has 1 aliphatic heterocycles. The maximum Gasteiger partial charge on any atom is 0.132 e. The van der Waals surface area contributed by atoms with Crippen molar-refractivity contribution in [3.05, 3.63) is 241 Å². The van der Waals surface area contributed by atoms with Crippen molar-refractivity contribution in [2.45, 2.75) is 5.41 Å². The fraction of sp³-hybridized carbons (Fsp3) is 0.0169. The molecule has 0 fully saturated rings. The normalized spacial score (nSPS) is 13.2. The minimum atomic E-state index is -0.542. The zero-order valence-corrected chi connectivity index (χ0v) is 33.9. The Balaban J connectivity index is 1.10. The largest absolute Gasteiger partial charge is 0.457 e. The predicted octanol–water partition coefficient (Wildman–Crippen LogP) is 16.3. The maximum absolute atomic E-state index is 6.68. The molecular formula is C59H36OS. The van der Waals surface area contributed by atoms with Gasteiger partial charge in [-0.05, 0) is 127 Å². The van der Waals surface area contributed by atoms with E-state index in [2.05, 4.69) is 218 Å². The van der Waals surface area contributed by atoms with E-state index in [-0.39, 0.29) is 0 Å². The molecule has 11 aromatic rings. The highest BCUT2D eigenvalue weighted by atomic mass is 32.1. The van der Waals surface area contributed by atoms with E-state index in [0.717, 1.165) is 11.5 Å². The first-order valence-electron chi connectivity index (χ1n) is 21.0. The van der Waals surface area contributed by atoms with Crippen LogP contribution < -0.4 is 4.74 Å².